The van der Waals surface area contributed by atoms with Gasteiger partial charge in [0.25, 0.3) is 0 Å². The van der Waals surface area contributed by atoms with E-state index < -0.39 is 5.97 Å². The van der Waals surface area contributed by atoms with Crippen LogP contribution in [0.3, 0.4) is 0 Å². The van der Waals surface area contributed by atoms with E-state index in [1.807, 2.05) is 0 Å². The lowest BCUT2D eigenvalue weighted by molar-refractivity contribution is 0.0595. The molecular formula is C7H7N5O2S. The Morgan fingerprint density at radius 1 is 1.67 bits per heavy atom. The van der Waals surface area contributed by atoms with Gasteiger partial charge in [0.15, 0.2) is 5.82 Å². The van der Waals surface area contributed by atoms with Crippen molar-refractivity contribution in [1.29, 1.82) is 0 Å². The molecule has 7 nitrogen and oxygen atoms in total. The highest BCUT2D eigenvalue weighted by Crippen LogP contribution is 2.16. The van der Waals surface area contributed by atoms with E-state index in [1.54, 1.807) is 11.6 Å². The van der Waals surface area contributed by atoms with Crippen molar-refractivity contribution in [3.8, 4) is 5.13 Å². The molecule has 2 N–H and O–H groups in total. The smallest absolute Gasteiger partial charge is 0.362 e. The van der Waals surface area contributed by atoms with E-state index in [1.165, 1.54) is 23.1 Å². The van der Waals surface area contributed by atoms with Crippen LogP contribution in [0.1, 0.15) is 10.5 Å². The van der Waals surface area contributed by atoms with Crippen molar-refractivity contribution < 1.29 is 9.53 Å². The van der Waals surface area contributed by atoms with Crippen LogP contribution in [0.25, 0.3) is 5.13 Å². The van der Waals surface area contributed by atoms with Crippen LogP contribution in [0.15, 0.2) is 11.6 Å². The van der Waals surface area contributed by atoms with Gasteiger partial charge in [0.1, 0.15) is 0 Å². The lowest BCUT2D eigenvalue weighted by Crippen LogP contribution is -2.07. The van der Waals surface area contributed by atoms with Gasteiger partial charge in [0.05, 0.1) is 7.11 Å². The molecule has 15 heavy (non-hydrogen) atoms. The number of hydrogen-bond donors (Lipinski definition) is 1. The van der Waals surface area contributed by atoms with Gasteiger partial charge < -0.3 is 10.5 Å². The Morgan fingerprint density at radius 3 is 3.07 bits per heavy atom. The molecule has 0 saturated carbocycles. The molecular weight excluding hydrogens is 218 g/mol. The van der Waals surface area contributed by atoms with Crippen LogP contribution in [-0.4, -0.2) is 33.1 Å². The van der Waals surface area contributed by atoms with Crippen LogP contribution in [-0.2, 0) is 4.74 Å². The van der Waals surface area contributed by atoms with Crippen molar-refractivity contribution in [2.45, 2.75) is 0 Å². The summed E-state index contributed by atoms with van der Waals surface area (Å²) in [5, 5.41) is 9.66. The molecule has 8 heteroatoms. The number of nitrogen functional groups attached to an aromatic ring is 1. The van der Waals surface area contributed by atoms with Gasteiger partial charge >= 0.3 is 5.97 Å². The van der Waals surface area contributed by atoms with Crippen LogP contribution in [0.2, 0.25) is 0 Å². The number of nitrogens with zero attached hydrogens (tertiary/aromatic N) is 4. The molecule has 78 valence electrons. The van der Waals surface area contributed by atoms with Crippen LogP contribution in [0, 0.1) is 0 Å². The minimum atomic E-state index is -0.615. The predicted molar refractivity (Wildman–Crippen MR) is 52.8 cm³/mol. The van der Waals surface area contributed by atoms with E-state index in [4.69, 9.17) is 5.73 Å². The highest BCUT2D eigenvalue weighted by Gasteiger charge is 2.19. The van der Waals surface area contributed by atoms with E-state index in [9.17, 15) is 4.79 Å². The molecule has 0 atom stereocenters. The van der Waals surface area contributed by atoms with E-state index in [0.717, 1.165) is 0 Å². The van der Waals surface area contributed by atoms with Crippen molar-refractivity contribution in [2.24, 2.45) is 0 Å². The zero-order chi connectivity index (χ0) is 10.8. The summed E-state index contributed by atoms with van der Waals surface area (Å²) in [6.07, 6.45) is 1.61. The molecule has 2 rings (SSSR count). The van der Waals surface area contributed by atoms with Crippen molar-refractivity contribution in [3.63, 3.8) is 0 Å². The Bertz CT molecular complexity index is 478. The fourth-order valence-electron chi connectivity index (χ4n) is 0.993. The second kappa shape index (κ2) is 3.65. The third-order valence-electron chi connectivity index (χ3n) is 1.68. The first-order valence-corrected chi connectivity index (χ1v) is 4.81. The number of ether oxygens (including phenoxy) is 1. The molecule has 0 spiro atoms. The summed E-state index contributed by atoms with van der Waals surface area (Å²) in [6.45, 7) is 0. The normalized spacial score (nSPS) is 10.2. The summed E-state index contributed by atoms with van der Waals surface area (Å²) in [6, 6.07) is 0. The summed E-state index contributed by atoms with van der Waals surface area (Å²) in [7, 11) is 1.25. The Morgan fingerprint density at radius 2 is 2.47 bits per heavy atom. The standard InChI is InChI=1S/C7H7N5O2S/c1-14-6(13)4-5(8)12(11-10-4)7-9-2-3-15-7/h2-3H,8H2,1H3. The zero-order valence-electron chi connectivity index (χ0n) is 7.75. The second-order valence-electron chi connectivity index (χ2n) is 2.54. The number of carbonyl (C=O) groups excluding carboxylic acids is 1. The first-order valence-electron chi connectivity index (χ1n) is 3.93. The number of aromatic nitrogens is 4. The number of carbonyl (C=O) groups is 1. The molecule has 2 aromatic rings. The van der Waals surface area contributed by atoms with Crippen molar-refractivity contribution in [3.05, 3.63) is 17.3 Å². The third-order valence-corrected chi connectivity index (χ3v) is 2.43. The Balaban J connectivity index is 2.45. The van der Waals surface area contributed by atoms with Crippen LogP contribution in [0.4, 0.5) is 5.82 Å². The fourth-order valence-corrected chi connectivity index (χ4v) is 1.59. The van der Waals surface area contributed by atoms with Crippen LogP contribution < -0.4 is 5.73 Å². The van der Waals surface area contributed by atoms with Gasteiger partial charge in [-0.15, -0.1) is 16.4 Å². The average Bonchev–Trinajstić information content (AvgIpc) is 2.85. The summed E-state index contributed by atoms with van der Waals surface area (Å²) in [5.74, 6) is -0.493. The number of nitrogens with two attached hydrogens (primary N) is 1. The molecule has 0 radical (unpaired) electrons. The molecule has 2 aromatic heterocycles. The van der Waals surface area contributed by atoms with Gasteiger partial charge in [-0.3, -0.25) is 0 Å². The monoisotopic (exact) mass is 225 g/mol. The lowest BCUT2D eigenvalue weighted by atomic mass is 10.4. The maximum absolute atomic E-state index is 11.2. The van der Waals surface area contributed by atoms with Gasteiger partial charge in [-0.1, -0.05) is 5.21 Å². The Hall–Kier alpha value is -1.96. The molecule has 0 aliphatic rings. The second-order valence-corrected chi connectivity index (χ2v) is 3.41. The molecule has 0 bridgehead atoms. The number of esters is 1. The fraction of sp³-hybridized carbons (Fsp3) is 0.143. The van der Waals surface area contributed by atoms with Crippen molar-refractivity contribution in [2.75, 3.05) is 12.8 Å². The molecule has 0 fully saturated rings. The number of hydrogen-bond acceptors (Lipinski definition) is 7. The SMILES string of the molecule is COC(=O)c1nnn(-c2nccs2)c1N. The summed E-state index contributed by atoms with van der Waals surface area (Å²) < 4.78 is 5.78. The molecule has 2 heterocycles. The number of anilines is 1. The minimum absolute atomic E-state index is 0.00676. The predicted octanol–water partition coefficient (Wildman–Crippen LogP) is 0.0926. The maximum Gasteiger partial charge on any atom is 0.362 e. The number of methoxy groups -OCH3 is 1. The topological polar surface area (TPSA) is 95.9 Å². The summed E-state index contributed by atoms with van der Waals surface area (Å²) >= 11 is 1.34. The van der Waals surface area contributed by atoms with Crippen molar-refractivity contribution in [1.82, 2.24) is 20.0 Å². The summed E-state index contributed by atoms with van der Waals surface area (Å²) in [4.78, 5) is 15.2. The third kappa shape index (κ3) is 1.54. The highest BCUT2D eigenvalue weighted by atomic mass is 32.1. The minimum Gasteiger partial charge on any atom is -0.464 e. The van der Waals surface area contributed by atoms with Crippen molar-refractivity contribution >= 4 is 23.1 Å². The maximum atomic E-state index is 11.2. The van der Waals surface area contributed by atoms with E-state index >= 15 is 0 Å². The number of rotatable bonds is 2. The van der Waals surface area contributed by atoms with Crippen LogP contribution >= 0.6 is 11.3 Å². The first-order chi connectivity index (χ1) is 7.24. The molecule has 0 saturated heterocycles. The average molecular weight is 225 g/mol. The molecule has 0 amide bonds. The van der Waals surface area contributed by atoms with E-state index in [2.05, 4.69) is 20.0 Å². The molecule has 0 aromatic carbocycles. The molecule has 0 aliphatic carbocycles. The van der Waals surface area contributed by atoms with Gasteiger partial charge in [0.2, 0.25) is 10.8 Å². The molecule has 0 unspecified atom stereocenters. The largest absolute Gasteiger partial charge is 0.464 e. The lowest BCUT2D eigenvalue weighted by Gasteiger charge is -1.97. The van der Waals surface area contributed by atoms with E-state index in [-0.39, 0.29) is 11.5 Å². The van der Waals surface area contributed by atoms with Gasteiger partial charge in [-0.25, -0.2) is 9.78 Å². The van der Waals surface area contributed by atoms with Crippen LogP contribution in [0.5, 0.6) is 0 Å². The first kappa shape index (κ1) is 9.59. The quantitative estimate of drug-likeness (QED) is 0.728. The summed E-state index contributed by atoms with van der Waals surface area (Å²) in [5.41, 5.74) is 5.67. The van der Waals surface area contributed by atoms with E-state index in [0.29, 0.717) is 5.13 Å². The van der Waals surface area contributed by atoms with Gasteiger partial charge in [-0.2, -0.15) is 4.68 Å². The molecule has 0 aliphatic heterocycles. The van der Waals surface area contributed by atoms with Gasteiger partial charge in [0, 0.05) is 11.6 Å². The van der Waals surface area contributed by atoms with Gasteiger partial charge in [-0.05, 0) is 0 Å². The highest BCUT2D eigenvalue weighted by molar-refractivity contribution is 7.12. The Kier molecular flexibility index (Phi) is 2.34. The zero-order valence-corrected chi connectivity index (χ0v) is 8.56. The number of thiazole rings is 1. The Labute approximate surface area is 88.5 Å².